The van der Waals surface area contributed by atoms with Crippen LogP contribution >= 0.6 is 0 Å². The zero-order valence-corrected chi connectivity index (χ0v) is 35.6. The predicted molar refractivity (Wildman–Crippen MR) is 270 cm³/mol. The van der Waals surface area contributed by atoms with Gasteiger partial charge in [-0.3, -0.25) is 0 Å². The molecule has 0 bridgehead atoms. The van der Waals surface area contributed by atoms with Crippen molar-refractivity contribution in [2.45, 2.75) is 0 Å². The molecule has 0 aliphatic heterocycles. The number of para-hydroxylation sites is 2. The Bertz CT molecular complexity index is 3500. The second-order valence-electron chi connectivity index (χ2n) is 16.4. The van der Waals surface area contributed by atoms with Crippen LogP contribution in [0.15, 0.2) is 255 Å². The Morgan fingerprint density at radius 3 is 1.38 bits per heavy atom. The Hall–Kier alpha value is -7.98. The number of nitrogens with zero attached hydrogens (tertiary/aromatic N) is 2. The highest BCUT2D eigenvalue weighted by molar-refractivity contribution is 7.20. The van der Waals surface area contributed by atoms with Gasteiger partial charge in [0, 0.05) is 27.1 Å². The summed E-state index contributed by atoms with van der Waals surface area (Å²) in [5.74, 6) is 0. The van der Waals surface area contributed by atoms with E-state index in [0.717, 1.165) is 11.4 Å². The summed E-state index contributed by atoms with van der Waals surface area (Å²) in [6.45, 7) is 0. The van der Waals surface area contributed by atoms with Gasteiger partial charge in [-0.2, -0.15) is 0 Å². The lowest BCUT2D eigenvalue weighted by Crippen LogP contribution is -2.74. The quantitative estimate of drug-likeness (QED) is 0.107. The van der Waals surface area contributed by atoms with Gasteiger partial charge in [-0.15, -0.1) is 0 Å². The largest absolute Gasteiger partial charge is 0.309 e. The zero-order chi connectivity index (χ0) is 41.7. The van der Waals surface area contributed by atoms with Crippen molar-refractivity contribution in [3.05, 3.63) is 255 Å². The normalized spacial score (nSPS) is 11.8. The molecule has 0 radical (unpaired) electrons. The van der Waals surface area contributed by atoms with Gasteiger partial charge in [0.1, 0.15) is 0 Å². The maximum absolute atomic E-state index is 2.85. The molecule has 63 heavy (non-hydrogen) atoms. The molecule has 12 rings (SSSR count). The van der Waals surface area contributed by atoms with Gasteiger partial charge in [0.2, 0.25) is 0 Å². The highest BCUT2D eigenvalue weighted by atomic mass is 28.3. The third kappa shape index (κ3) is 5.85. The van der Waals surface area contributed by atoms with Gasteiger partial charge >= 0.3 is 0 Å². The highest BCUT2D eigenvalue weighted by Gasteiger charge is 2.41. The second-order valence-corrected chi connectivity index (χ2v) is 20.2. The Kier molecular flexibility index (Phi) is 8.87. The first kappa shape index (κ1) is 36.8. The fourth-order valence-electron chi connectivity index (χ4n) is 10.4. The van der Waals surface area contributed by atoms with Crippen molar-refractivity contribution in [1.29, 1.82) is 0 Å². The highest BCUT2D eigenvalue weighted by Crippen LogP contribution is 2.42. The smallest absolute Gasteiger partial charge is 0.179 e. The molecular weight excluding hydrogens is 777 g/mol. The molecule has 0 saturated heterocycles. The van der Waals surface area contributed by atoms with Crippen molar-refractivity contribution < 1.29 is 0 Å². The van der Waals surface area contributed by atoms with Crippen molar-refractivity contribution in [2.24, 2.45) is 0 Å². The monoisotopic (exact) mass is 818 g/mol. The van der Waals surface area contributed by atoms with Crippen LogP contribution in [0.2, 0.25) is 0 Å². The van der Waals surface area contributed by atoms with Crippen LogP contribution in [0, 0.1) is 0 Å². The van der Waals surface area contributed by atoms with Gasteiger partial charge in [-0.25, -0.2) is 0 Å². The van der Waals surface area contributed by atoms with Crippen molar-refractivity contribution in [2.75, 3.05) is 0 Å². The predicted octanol–water partition coefficient (Wildman–Crippen LogP) is 12.6. The molecule has 0 aliphatic rings. The first-order valence-corrected chi connectivity index (χ1v) is 23.8. The van der Waals surface area contributed by atoms with Crippen LogP contribution in [0.3, 0.4) is 0 Å². The number of aromatic nitrogens is 2. The minimum Gasteiger partial charge on any atom is -0.309 e. The zero-order valence-electron chi connectivity index (χ0n) is 34.6. The molecular formula is C60H42N2Si. The van der Waals surface area contributed by atoms with E-state index in [2.05, 4.69) is 264 Å². The summed E-state index contributed by atoms with van der Waals surface area (Å²) in [7, 11) is -2.85. The maximum Gasteiger partial charge on any atom is 0.179 e. The standard InChI is InChI=1S/C60H42N2Si/c1-6-21-43(22-7-1)45-37-39-51-52-40-38-49(63(46-25-10-3-11-26-46,47-27-12-4-13-28-47)48-29-14-5-15-30-48)42-59(52)62(58(51)41-45)57-36-20-35-56-60(57)53-32-17-19-34-55(53)61(56)54-33-18-16-31-50(54)44-23-8-2-9-24-44/h1-42H. The van der Waals surface area contributed by atoms with Crippen LogP contribution < -0.4 is 20.7 Å². The van der Waals surface area contributed by atoms with Gasteiger partial charge in [-0.05, 0) is 73.8 Å². The lowest BCUT2D eigenvalue weighted by atomic mass is 10.0. The van der Waals surface area contributed by atoms with Crippen LogP contribution in [0.1, 0.15) is 0 Å². The van der Waals surface area contributed by atoms with Crippen molar-refractivity contribution in [3.8, 4) is 33.6 Å². The number of fused-ring (bicyclic) bond motifs is 6. The van der Waals surface area contributed by atoms with E-state index in [0.29, 0.717) is 0 Å². The molecule has 0 saturated carbocycles. The number of rotatable bonds is 8. The van der Waals surface area contributed by atoms with Gasteiger partial charge in [-0.1, -0.05) is 218 Å². The lowest BCUT2D eigenvalue weighted by Gasteiger charge is -2.34. The molecule has 2 nitrogen and oxygen atoms in total. The minimum atomic E-state index is -2.85. The Morgan fingerprint density at radius 1 is 0.254 bits per heavy atom. The Morgan fingerprint density at radius 2 is 0.730 bits per heavy atom. The van der Waals surface area contributed by atoms with E-state index in [1.807, 2.05) is 0 Å². The molecule has 0 spiro atoms. The van der Waals surface area contributed by atoms with E-state index in [1.54, 1.807) is 0 Å². The molecule has 0 unspecified atom stereocenters. The summed E-state index contributed by atoms with van der Waals surface area (Å²) in [6.07, 6.45) is 0. The van der Waals surface area contributed by atoms with Crippen molar-refractivity contribution in [3.63, 3.8) is 0 Å². The second kappa shape index (κ2) is 15.2. The summed E-state index contributed by atoms with van der Waals surface area (Å²) in [5, 5.41) is 10.3. The van der Waals surface area contributed by atoms with Crippen LogP contribution in [-0.4, -0.2) is 17.2 Å². The van der Waals surface area contributed by atoms with Crippen LogP contribution in [-0.2, 0) is 0 Å². The molecule has 0 amide bonds. The van der Waals surface area contributed by atoms with E-state index in [-0.39, 0.29) is 0 Å². The van der Waals surface area contributed by atoms with Crippen molar-refractivity contribution in [1.82, 2.24) is 9.13 Å². The number of hydrogen-bond donors (Lipinski definition) is 0. The first-order valence-electron chi connectivity index (χ1n) is 21.8. The van der Waals surface area contributed by atoms with Crippen LogP contribution in [0.25, 0.3) is 77.2 Å². The lowest BCUT2D eigenvalue weighted by molar-refractivity contribution is 1.17. The third-order valence-corrected chi connectivity index (χ3v) is 17.8. The summed E-state index contributed by atoms with van der Waals surface area (Å²) in [4.78, 5) is 0. The SMILES string of the molecule is c1ccc(-c2ccc3c4ccc([Si](c5ccccc5)(c5ccccc5)c5ccccc5)cc4n(-c4cccc5c4c4ccccc4n5-c4ccccc4-c4ccccc4)c3c2)cc1. The Balaban J connectivity index is 1.21. The fourth-order valence-corrected chi connectivity index (χ4v) is 15.1. The molecule has 296 valence electrons. The van der Waals surface area contributed by atoms with Crippen LogP contribution in [0.4, 0.5) is 0 Å². The summed E-state index contributed by atoms with van der Waals surface area (Å²) < 4.78 is 5.05. The fraction of sp³-hybridized carbons (Fsp3) is 0. The van der Waals surface area contributed by atoms with E-state index >= 15 is 0 Å². The third-order valence-electron chi connectivity index (χ3n) is 13.1. The molecule has 2 aromatic heterocycles. The topological polar surface area (TPSA) is 9.86 Å². The molecule has 10 aromatic carbocycles. The molecule has 12 aromatic rings. The summed E-state index contributed by atoms with van der Waals surface area (Å²) >= 11 is 0. The summed E-state index contributed by atoms with van der Waals surface area (Å²) in [5.41, 5.74) is 11.8. The van der Waals surface area contributed by atoms with Gasteiger partial charge in [0.15, 0.2) is 8.07 Å². The van der Waals surface area contributed by atoms with Gasteiger partial charge in [0.25, 0.3) is 0 Å². The van der Waals surface area contributed by atoms with E-state index < -0.39 is 8.07 Å². The molecule has 0 aliphatic carbocycles. The number of benzene rings is 10. The van der Waals surface area contributed by atoms with Crippen LogP contribution in [0.5, 0.6) is 0 Å². The average Bonchev–Trinajstić information content (AvgIpc) is 3.88. The molecule has 0 N–H and O–H groups in total. The molecule has 0 fully saturated rings. The molecule has 2 heterocycles. The maximum atomic E-state index is 2.57. The van der Waals surface area contributed by atoms with Gasteiger partial charge in [0.05, 0.1) is 33.4 Å². The average molecular weight is 819 g/mol. The number of hydrogen-bond acceptors (Lipinski definition) is 0. The van der Waals surface area contributed by atoms with Gasteiger partial charge < -0.3 is 9.13 Å². The van der Waals surface area contributed by atoms with Crippen molar-refractivity contribution >= 4 is 72.4 Å². The summed E-state index contributed by atoms with van der Waals surface area (Å²) in [6, 6.07) is 94.3. The van der Waals surface area contributed by atoms with E-state index in [4.69, 9.17) is 0 Å². The first-order chi connectivity index (χ1) is 31.3. The van der Waals surface area contributed by atoms with E-state index in [9.17, 15) is 0 Å². The van der Waals surface area contributed by atoms with E-state index in [1.165, 1.54) is 86.6 Å². The minimum absolute atomic E-state index is 1.16. The molecule has 3 heteroatoms. The Labute approximate surface area is 368 Å². The molecule has 0 atom stereocenters.